The summed E-state index contributed by atoms with van der Waals surface area (Å²) in [6, 6.07) is 16.0. The number of aryl methyl sites for hydroxylation is 1. The van der Waals surface area contributed by atoms with E-state index >= 15 is 0 Å². The lowest BCUT2D eigenvalue weighted by Crippen LogP contribution is -2.27. The van der Waals surface area contributed by atoms with Crippen molar-refractivity contribution < 1.29 is 11.0 Å². The molecule has 1 amide bonds. The Morgan fingerprint density at radius 1 is 1.20 bits per heavy atom. The molecule has 1 aromatic heterocycles. The van der Waals surface area contributed by atoms with Crippen molar-refractivity contribution in [1.29, 1.82) is 0 Å². The Kier molecular flexibility index (Phi) is 7.01. The minimum absolute atomic E-state index is 0. The van der Waals surface area contributed by atoms with Crippen LogP contribution in [0.2, 0.25) is 0 Å². The molecule has 0 unspecified atom stereocenters. The molecular formula is C24H30N4O2. The lowest BCUT2D eigenvalue weighted by atomic mass is 10.0. The summed E-state index contributed by atoms with van der Waals surface area (Å²) in [5.74, 6) is 1.27. The molecule has 0 spiro atoms. The topological polar surface area (TPSA) is 67.4 Å². The zero-order valence-corrected chi connectivity index (χ0v) is 18.0. The summed E-state index contributed by atoms with van der Waals surface area (Å²) < 4.78 is 5.20. The maximum Gasteiger partial charge on any atom is 0.257 e. The number of carbonyl (C=O) groups excluding carboxylic acids is 1. The van der Waals surface area contributed by atoms with Crippen LogP contribution in [0.4, 0.5) is 5.95 Å². The average molecular weight is 407 g/mol. The Morgan fingerprint density at radius 3 is 2.63 bits per heavy atom. The number of anilines is 1. The van der Waals surface area contributed by atoms with E-state index in [1.165, 1.54) is 5.56 Å². The normalized spacial score (nSPS) is 10.5. The zero-order chi connectivity index (χ0) is 21.5. The van der Waals surface area contributed by atoms with E-state index in [9.17, 15) is 4.79 Å². The van der Waals surface area contributed by atoms with E-state index in [0.717, 1.165) is 23.3 Å². The van der Waals surface area contributed by atoms with E-state index in [2.05, 4.69) is 10.3 Å². The molecule has 0 saturated carbocycles. The highest BCUT2D eigenvalue weighted by Gasteiger charge is 2.19. The second kappa shape index (κ2) is 9.87. The van der Waals surface area contributed by atoms with E-state index in [0.29, 0.717) is 30.3 Å². The van der Waals surface area contributed by atoms with E-state index in [1.807, 2.05) is 62.4 Å². The van der Waals surface area contributed by atoms with Gasteiger partial charge in [0.2, 0.25) is 5.95 Å². The van der Waals surface area contributed by atoms with Gasteiger partial charge in [0.25, 0.3) is 5.91 Å². The molecule has 6 nitrogen and oxygen atoms in total. The smallest absolute Gasteiger partial charge is 0.257 e. The highest BCUT2D eigenvalue weighted by Crippen LogP contribution is 2.24. The Bertz CT molecular complexity index is 1010. The second-order valence-electron chi connectivity index (χ2n) is 7.17. The standard InChI is InChI=1S/C24H28N4O2.H2/c1-5-28(3)23(29)21-16-26-24(27-22(21)19-8-6-7-17(2)15-19)25-14-13-18-9-11-20(30-4)12-10-18;/h6-12,15-16H,5,13-14H2,1-4H3,(H,25,26,27);1H. The van der Waals surface area contributed by atoms with Crippen molar-refractivity contribution in [3.05, 3.63) is 71.4 Å². The monoisotopic (exact) mass is 406 g/mol. The summed E-state index contributed by atoms with van der Waals surface area (Å²) in [4.78, 5) is 23.6. The van der Waals surface area contributed by atoms with Crippen LogP contribution in [0.1, 0.15) is 29.8 Å². The Balaban J connectivity index is 0.00000341. The number of nitrogens with zero attached hydrogens (tertiary/aromatic N) is 3. The molecule has 3 aromatic rings. The number of hydrogen-bond acceptors (Lipinski definition) is 5. The van der Waals surface area contributed by atoms with Gasteiger partial charge in [-0.15, -0.1) is 0 Å². The maximum atomic E-state index is 12.8. The van der Waals surface area contributed by atoms with E-state index in [4.69, 9.17) is 9.72 Å². The van der Waals surface area contributed by atoms with Gasteiger partial charge < -0.3 is 15.0 Å². The van der Waals surface area contributed by atoms with Gasteiger partial charge in [0.1, 0.15) is 5.75 Å². The van der Waals surface area contributed by atoms with Crippen LogP contribution < -0.4 is 10.1 Å². The van der Waals surface area contributed by atoms with Crippen LogP contribution in [0.25, 0.3) is 11.3 Å². The lowest BCUT2D eigenvalue weighted by Gasteiger charge is -2.17. The third kappa shape index (κ3) is 5.14. The fraction of sp³-hybridized carbons (Fsp3) is 0.292. The first-order valence-electron chi connectivity index (χ1n) is 10.1. The molecule has 0 radical (unpaired) electrons. The van der Waals surface area contributed by atoms with Gasteiger partial charge in [-0.2, -0.15) is 0 Å². The minimum Gasteiger partial charge on any atom is -0.497 e. The number of methoxy groups -OCH3 is 1. The Morgan fingerprint density at radius 2 is 1.97 bits per heavy atom. The molecule has 30 heavy (non-hydrogen) atoms. The minimum atomic E-state index is -0.0845. The van der Waals surface area contributed by atoms with Crippen LogP contribution in [0, 0.1) is 6.92 Å². The Hall–Kier alpha value is -3.41. The van der Waals surface area contributed by atoms with E-state index < -0.39 is 0 Å². The van der Waals surface area contributed by atoms with Gasteiger partial charge in [-0.3, -0.25) is 4.79 Å². The molecule has 0 atom stereocenters. The van der Waals surface area contributed by atoms with Crippen molar-refractivity contribution in [2.24, 2.45) is 0 Å². The molecule has 0 aliphatic rings. The van der Waals surface area contributed by atoms with Crippen LogP contribution in [-0.4, -0.2) is 48.0 Å². The van der Waals surface area contributed by atoms with E-state index in [-0.39, 0.29) is 7.33 Å². The predicted octanol–water partition coefficient (Wildman–Crippen LogP) is 4.45. The molecule has 0 aliphatic carbocycles. The van der Waals surface area contributed by atoms with Crippen LogP contribution in [0.15, 0.2) is 54.7 Å². The van der Waals surface area contributed by atoms with Crippen molar-refractivity contribution >= 4 is 11.9 Å². The SMILES string of the molecule is CCN(C)C(=O)c1cnc(NCCc2ccc(OC)cc2)nc1-c1cccc(C)c1.[HH]. The molecule has 1 N–H and O–H groups in total. The van der Waals surface area contributed by atoms with Crippen molar-refractivity contribution in [2.45, 2.75) is 20.3 Å². The van der Waals surface area contributed by atoms with Gasteiger partial charge in [-0.25, -0.2) is 9.97 Å². The fourth-order valence-corrected chi connectivity index (χ4v) is 3.10. The summed E-state index contributed by atoms with van der Waals surface area (Å²) >= 11 is 0. The van der Waals surface area contributed by atoms with Crippen LogP contribution in [-0.2, 0) is 6.42 Å². The maximum absolute atomic E-state index is 12.8. The van der Waals surface area contributed by atoms with E-state index in [1.54, 1.807) is 25.3 Å². The number of aromatic nitrogens is 2. The number of benzene rings is 2. The van der Waals surface area contributed by atoms with Crippen LogP contribution >= 0.6 is 0 Å². The Labute approximate surface area is 179 Å². The molecular weight excluding hydrogens is 376 g/mol. The number of amides is 1. The lowest BCUT2D eigenvalue weighted by molar-refractivity contribution is 0.0802. The molecule has 6 heteroatoms. The van der Waals surface area contributed by atoms with Gasteiger partial charge >= 0.3 is 0 Å². The van der Waals surface area contributed by atoms with Crippen molar-refractivity contribution in [3.8, 4) is 17.0 Å². The molecule has 2 aromatic carbocycles. The quantitative estimate of drug-likeness (QED) is 0.598. The zero-order valence-electron chi connectivity index (χ0n) is 18.0. The van der Waals surface area contributed by atoms with Crippen molar-refractivity contribution in [2.75, 3.05) is 32.6 Å². The van der Waals surface area contributed by atoms with Gasteiger partial charge in [0, 0.05) is 33.3 Å². The van der Waals surface area contributed by atoms with Crippen molar-refractivity contribution in [1.82, 2.24) is 14.9 Å². The molecule has 0 aliphatic heterocycles. The van der Waals surface area contributed by atoms with Gasteiger partial charge in [-0.1, -0.05) is 35.9 Å². The number of carbonyl (C=O) groups is 1. The van der Waals surface area contributed by atoms with Crippen molar-refractivity contribution in [3.63, 3.8) is 0 Å². The molecule has 0 fully saturated rings. The summed E-state index contributed by atoms with van der Waals surface area (Å²) in [5, 5.41) is 3.28. The highest BCUT2D eigenvalue weighted by molar-refractivity contribution is 5.99. The molecule has 3 rings (SSSR count). The summed E-state index contributed by atoms with van der Waals surface area (Å²) in [6.45, 7) is 5.27. The second-order valence-corrected chi connectivity index (χ2v) is 7.17. The number of hydrogen-bond donors (Lipinski definition) is 1. The van der Waals surface area contributed by atoms with Crippen LogP contribution in [0.5, 0.6) is 5.75 Å². The van der Waals surface area contributed by atoms with Gasteiger partial charge in [0.05, 0.1) is 18.4 Å². The fourth-order valence-electron chi connectivity index (χ4n) is 3.10. The summed E-state index contributed by atoms with van der Waals surface area (Å²) in [5.41, 5.74) is 4.36. The highest BCUT2D eigenvalue weighted by atomic mass is 16.5. The largest absolute Gasteiger partial charge is 0.497 e. The molecule has 0 bridgehead atoms. The number of ether oxygens (including phenoxy) is 1. The predicted molar refractivity (Wildman–Crippen MR) is 122 cm³/mol. The number of nitrogens with one attached hydrogen (secondary N) is 1. The number of rotatable bonds is 8. The first kappa shape index (κ1) is 21.3. The summed E-state index contributed by atoms with van der Waals surface area (Å²) in [6.07, 6.45) is 2.45. The van der Waals surface area contributed by atoms with Gasteiger partial charge in [-0.05, 0) is 44.0 Å². The average Bonchev–Trinajstić information content (AvgIpc) is 2.78. The van der Waals surface area contributed by atoms with Gasteiger partial charge in [0.15, 0.2) is 0 Å². The molecule has 158 valence electrons. The third-order valence-electron chi connectivity index (χ3n) is 4.99. The first-order valence-corrected chi connectivity index (χ1v) is 10.1. The third-order valence-corrected chi connectivity index (χ3v) is 4.99. The first-order chi connectivity index (χ1) is 14.5. The van der Waals surface area contributed by atoms with Crippen LogP contribution in [0.3, 0.4) is 0 Å². The molecule has 0 saturated heterocycles. The molecule has 1 heterocycles. The summed E-state index contributed by atoms with van der Waals surface area (Å²) in [7, 11) is 3.44.